The van der Waals surface area contributed by atoms with Crippen molar-refractivity contribution in [3.63, 3.8) is 0 Å². The maximum atomic E-state index is 9.95. The minimum Gasteiger partial charge on any atom is -0.550 e. The van der Waals surface area contributed by atoms with Gasteiger partial charge in [-0.3, -0.25) is 0 Å². The maximum absolute atomic E-state index is 9.95. The quantitative estimate of drug-likeness (QED) is 0.296. The van der Waals surface area contributed by atoms with Gasteiger partial charge in [-0.1, -0.05) is 71.1 Å². The van der Waals surface area contributed by atoms with E-state index < -0.39 is 6.16 Å². The van der Waals surface area contributed by atoms with Gasteiger partial charge in [0.05, 0.1) is 0 Å². The van der Waals surface area contributed by atoms with Gasteiger partial charge in [-0.2, -0.15) is 0 Å². The predicted octanol–water partition coefficient (Wildman–Crippen LogP) is 0.661. The van der Waals surface area contributed by atoms with Gasteiger partial charge in [0.2, 0.25) is 0 Å². The summed E-state index contributed by atoms with van der Waals surface area (Å²) in [7, 11) is 0. The van der Waals surface area contributed by atoms with Gasteiger partial charge in [-0.25, -0.2) is 0 Å². The van der Waals surface area contributed by atoms with Crippen LogP contribution in [0.1, 0.15) is 77.6 Å². The average molecular weight is 266 g/mol. The fourth-order valence-electron chi connectivity index (χ4n) is 1.92. The second-order valence-electron chi connectivity index (χ2n) is 4.63. The first-order chi connectivity index (χ1) is 8.27. The summed E-state index contributed by atoms with van der Waals surface area (Å²) in [6, 6.07) is 0. The van der Waals surface area contributed by atoms with E-state index in [9.17, 15) is 9.90 Å². The molecule has 0 aliphatic carbocycles. The molecule has 0 radical (unpaired) electrons. The normalized spacial score (nSPS) is 9.83. The third-order valence-corrected chi connectivity index (χ3v) is 2.97. The molecular formula is C14H27NaO3. The molecule has 0 bridgehead atoms. The van der Waals surface area contributed by atoms with E-state index in [1.54, 1.807) is 0 Å². The monoisotopic (exact) mass is 266 g/mol. The summed E-state index contributed by atoms with van der Waals surface area (Å²) >= 11 is 0. The van der Waals surface area contributed by atoms with Crippen LogP contribution >= 0.6 is 0 Å². The second kappa shape index (κ2) is 17.3. The van der Waals surface area contributed by atoms with Crippen LogP contribution in [0.15, 0.2) is 0 Å². The number of rotatable bonds is 12. The predicted molar refractivity (Wildman–Crippen MR) is 67.8 cm³/mol. The number of carbonyl (C=O) groups is 1. The Kier molecular flexibility index (Phi) is 19.8. The van der Waals surface area contributed by atoms with Crippen LogP contribution in [0.4, 0.5) is 4.79 Å². The van der Waals surface area contributed by atoms with E-state index in [2.05, 4.69) is 11.7 Å². The molecule has 0 amide bonds. The molecule has 0 heterocycles. The van der Waals surface area contributed by atoms with E-state index in [0.717, 1.165) is 12.8 Å². The molecule has 0 aromatic heterocycles. The first kappa shape index (κ1) is 20.6. The van der Waals surface area contributed by atoms with Crippen molar-refractivity contribution in [2.75, 3.05) is 6.61 Å². The topological polar surface area (TPSA) is 49.4 Å². The first-order valence-corrected chi connectivity index (χ1v) is 7.11. The molecule has 0 atom stereocenters. The molecule has 0 aromatic rings. The average Bonchev–Trinajstić information content (AvgIpc) is 2.30. The Morgan fingerprint density at radius 1 is 0.833 bits per heavy atom. The van der Waals surface area contributed by atoms with Gasteiger partial charge >= 0.3 is 29.6 Å². The van der Waals surface area contributed by atoms with E-state index in [-0.39, 0.29) is 29.6 Å². The number of unbranched alkanes of at least 4 members (excludes halogenated alkanes) is 10. The largest absolute Gasteiger partial charge is 1.00 e. The van der Waals surface area contributed by atoms with Crippen LogP contribution in [-0.2, 0) is 4.74 Å². The zero-order chi connectivity index (χ0) is 12.8. The van der Waals surface area contributed by atoms with Crippen LogP contribution in [0.5, 0.6) is 0 Å². The molecule has 18 heavy (non-hydrogen) atoms. The molecule has 0 rings (SSSR count). The molecule has 0 saturated heterocycles. The summed E-state index contributed by atoms with van der Waals surface area (Å²) in [5, 5.41) is 9.95. The maximum Gasteiger partial charge on any atom is 1.00 e. The number of hydrogen-bond donors (Lipinski definition) is 0. The zero-order valence-electron chi connectivity index (χ0n) is 12.2. The number of carbonyl (C=O) groups excluding carboxylic acids is 1. The van der Waals surface area contributed by atoms with Crippen molar-refractivity contribution >= 4 is 6.16 Å². The fraction of sp³-hybridized carbons (Fsp3) is 0.929. The molecule has 0 aromatic carbocycles. The molecule has 0 fully saturated rings. The molecule has 0 unspecified atom stereocenters. The molecule has 3 nitrogen and oxygen atoms in total. The summed E-state index contributed by atoms with van der Waals surface area (Å²) in [6.45, 7) is 2.53. The Balaban J connectivity index is 0. The molecular weight excluding hydrogens is 239 g/mol. The fourth-order valence-corrected chi connectivity index (χ4v) is 1.92. The van der Waals surface area contributed by atoms with Crippen LogP contribution < -0.4 is 34.7 Å². The Labute approximate surface area is 134 Å². The third-order valence-electron chi connectivity index (χ3n) is 2.97. The molecule has 102 valence electrons. The van der Waals surface area contributed by atoms with Gasteiger partial charge in [0.25, 0.3) is 6.16 Å². The zero-order valence-corrected chi connectivity index (χ0v) is 14.2. The summed E-state index contributed by atoms with van der Waals surface area (Å²) in [6.07, 6.45) is 12.4. The third kappa shape index (κ3) is 18.6. The van der Waals surface area contributed by atoms with Crippen molar-refractivity contribution in [3.8, 4) is 0 Å². The van der Waals surface area contributed by atoms with E-state index >= 15 is 0 Å². The van der Waals surface area contributed by atoms with Crippen LogP contribution in [-0.4, -0.2) is 12.8 Å². The van der Waals surface area contributed by atoms with Crippen molar-refractivity contribution < 1.29 is 44.2 Å². The molecule has 0 saturated carbocycles. The minimum atomic E-state index is -1.41. The van der Waals surface area contributed by atoms with E-state index in [0.29, 0.717) is 6.61 Å². The smallest absolute Gasteiger partial charge is 0.550 e. The van der Waals surface area contributed by atoms with Crippen molar-refractivity contribution in [1.29, 1.82) is 0 Å². The van der Waals surface area contributed by atoms with E-state index in [1.165, 1.54) is 57.8 Å². The van der Waals surface area contributed by atoms with E-state index in [4.69, 9.17) is 0 Å². The van der Waals surface area contributed by atoms with Crippen LogP contribution in [0.2, 0.25) is 0 Å². The molecule has 0 spiro atoms. The van der Waals surface area contributed by atoms with Gasteiger partial charge < -0.3 is 14.6 Å². The SMILES string of the molecule is CCCCCCCCCCCCCOC(=O)[O-].[Na+]. The number of carboxylic acid groups (broad SMARTS) is 1. The van der Waals surface area contributed by atoms with Gasteiger partial charge in [-0.05, 0) is 6.42 Å². The summed E-state index contributed by atoms with van der Waals surface area (Å²) in [5.74, 6) is 0. The molecule has 0 aliphatic heterocycles. The molecule has 0 aliphatic rings. The van der Waals surface area contributed by atoms with Crippen molar-refractivity contribution in [2.45, 2.75) is 77.6 Å². The van der Waals surface area contributed by atoms with Crippen molar-refractivity contribution in [2.24, 2.45) is 0 Å². The van der Waals surface area contributed by atoms with Crippen LogP contribution in [0.3, 0.4) is 0 Å². The van der Waals surface area contributed by atoms with Crippen LogP contribution in [0, 0.1) is 0 Å². The minimum absolute atomic E-state index is 0. The summed E-state index contributed by atoms with van der Waals surface area (Å²) in [4.78, 5) is 9.95. The standard InChI is InChI=1S/C14H28O3.Na/c1-2-3-4-5-6-7-8-9-10-11-12-13-17-14(15)16;/h2-13H2,1H3,(H,15,16);/q;+1/p-1. The molecule has 0 N–H and O–H groups in total. The Bertz CT molecular complexity index is 174. The van der Waals surface area contributed by atoms with Crippen molar-refractivity contribution in [3.05, 3.63) is 0 Å². The number of hydrogen-bond acceptors (Lipinski definition) is 3. The van der Waals surface area contributed by atoms with Gasteiger partial charge in [0, 0.05) is 6.61 Å². The van der Waals surface area contributed by atoms with Gasteiger partial charge in [-0.15, -0.1) is 0 Å². The second-order valence-corrected chi connectivity index (χ2v) is 4.63. The van der Waals surface area contributed by atoms with Gasteiger partial charge in [0.15, 0.2) is 0 Å². The van der Waals surface area contributed by atoms with Crippen LogP contribution in [0.25, 0.3) is 0 Å². The summed E-state index contributed by atoms with van der Waals surface area (Å²) < 4.78 is 4.33. The summed E-state index contributed by atoms with van der Waals surface area (Å²) in [5.41, 5.74) is 0. The number of ether oxygens (including phenoxy) is 1. The van der Waals surface area contributed by atoms with Crippen molar-refractivity contribution in [1.82, 2.24) is 0 Å². The Morgan fingerprint density at radius 2 is 1.22 bits per heavy atom. The van der Waals surface area contributed by atoms with E-state index in [1.807, 2.05) is 0 Å². The van der Waals surface area contributed by atoms with Gasteiger partial charge in [0.1, 0.15) is 0 Å². The Morgan fingerprint density at radius 3 is 1.61 bits per heavy atom. The Hall–Kier alpha value is 0.270. The first-order valence-electron chi connectivity index (χ1n) is 7.11. The molecule has 4 heteroatoms.